The summed E-state index contributed by atoms with van der Waals surface area (Å²) in [4.78, 5) is 0. The van der Waals surface area contributed by atoms with Crippen LogP contribution in [0.1, 0.15) is 6.92 Å². The molecule has 0 bridgehead atoms. The second-order valence-corrected chi connectivity index (χ2v) is 4.25. The Morgan fingerprint density at radius 1 is 0.833 bits per heavy atom. The van der Waals surface area contributed by atoms with Crippen molar-refractivity contribution in [3.8, 4) is 0 Å². The van der Waals surface area contributed by atoms with E-state index in [1.807, 2.05) is 12.1 Å². The highest BCUT2D eigenvalue weighted by Crippen LogP contribution is 2.12. The maximum Gasteiger partial charge on any atom is 0.137 e. The van der Waals surface area contributed by atoms with Crippen LogP contribution < -0.4 is 12.4 Å². The van der Waals surface area contributed by atoms with Crippen molar-refractivity contribution < 1.29 is 12.4 Å². The molecule has 0 nitrogen and oxygen atoms in total. The van der Waals surface area contributed by atoms with E-state index >= 15 is 0 Å². The summed E-state index contributed by atoms with van der Waals surface area (Å²) >= 11 is 0. The molecule has 0 radical (unpaired) electrons. The highest BCUT2D eigenvalue weighted by molar-refractivity contribution is 7.27. The summed E-state index contributed by atoms with van der Waals surface area (Å²) in [6.07, 6.45) is 0. The molecule has 1 aromatic rings. The monoisotopic (exact) mass is 200 g/mol. The number of hydrogen-bond acceptors (Lipinski definition) is 0. The van der Waals surface area contributed by atoms with Crippen LogP contribution >= 0.6 is 10.5 Å². The molecule has 0 spiro atoms. The molecule has 1 aromatic heterocycles. The van der Waals surface area contributed by atoms with Gasteiger partial charge in [-0.25, -0.2) is 0 Å². The van der Waals surface area contributed by atoms with Gasteiger partial charge in [-0.1, -0.05) is 24.3 Å². The lowest BCUT2D eigenvalue weighted by atomic mass is 10.5. The van der Waals surface area contributed by atoms with Crippen LogP contribution in [0, 0.1) is 0 Å². The average Bonchev–Trinajstić information content (AvgIpc) is 2.16. The predicted octanol–water partition coefficient (Wildman–Crippen LogP) is 0.584. The van der Waals surface area contributed by atoms with E-state index in [0.29, 0.717) is 10.5 Å². The normalized spacial score (nSPS) is 8.08. The average molecular weight is 201 g/mol. The van der Waals surface area contributed by atoms with Gasteiger partial charge in [0, 0.05) is 0 Å². The number of halogens is 1. The van der Waals surface area contributed by atoms with Gasteiger partial charge in [0.2, 0.25) is 0 Å². The van der Waals surface area contributed by atoms with Crippen LogP contribution in [-0.2, 0) is 5.75 Å². The van der Waals surface area contributed by atoms with Crippen LogP contribution in [0.2, 0.25) is 0 Å². The molecule has 0 N–H and O–H groups in total. The first kappa shape index (κ1) is 11.5. The Labute approximate surface area is 83.0 Å². The molecule has 1 rings (SSSR count). The van der Waals surface area contributed by atoms with Gasteiger partial charge in [-0.2, -0.15) is 0 Å². The predicted molar refractivity (Wildman–Crippen MR) is 52.2 cm³/mol. The Kier molecular flexibility index (Phi) is 6.82. The van der Waals surface area contributed by atoms with Gasteiger partial charge in [0.25, 0.3) is 0 Å². The third-order valence-electron chi connectivity index (χ3n) is 1.40. The summed E-state index contributed by atoms with van der Waals surface area (Å²) in [5, 5.41) is 4.50. The van der Waals surface area contributed by atoms with E-state index in [-0.39, 0.29) is 12.4 Å². The van der Waals surface area contributed by atoms with E-state index in [4.69, 9.17) is 0 Å². The molecular formula is C10H13ClS. The smallest absolute Gasteiger partial charge is 0.137 e. The largest absolute Gasteiger partial charge is 1.00 e. The zero-order valence-corrected chi connectivity index (χ0v) is 8.68. The molecule has 0 aliphatic heterocycles. The quantitative estimate of drug-likeness (QED) is 0.582. The second kappa shape index (κ2) is 7.14. The minimum Gasteiger partial charge on any atom is -1.00 e. The lowest BCUT2D eigenvalue weighted by molar-refractivity contribution is -0.00000227. The first-order valence-corrected chi connectivity index (χ1v) is 5.32. The van der Waals surface area contributed by atoms with E-state index in [1.54, 1.807) is 0 Å². The lowest BCUT2D eigenvalue weighted by Crippen LogP contribution is -3.00. The summed E-state index contributed by atoms with van der Waals surface area (Å²) < 4.78 is 0. The van der Waals surface area contributed by atoms with Gasteiger partial charge in [-0.05, 0) is 29.5 Å². The van der Waals surface area contributed by atoms with Gasteiger partial charge in [0.1, 0.15) is 16.5 Å². The molecule has 1 heterocycles. The van der Waals surface area contributed by atoms with E-state index < -0.39 is 0 Å². The van der Waals surface area contributed by atoms with Crippen molar-refractivity contribution in [1.29, 1.82) is 0 Å². The molecule has 0 aliphatic carbocycles. The highest BCUT2D eigenvalue weighted by atomic mass is 35.5. The van der Waals surface area contributed by atoms with Gasteiger partial charge in [-0.15, -0.1) is 0 Å². The summed E-state index contributed by atoms with van der Waals surface area (Å²) in [7, 11) is 0.345. The fraction of sp³-hybridized carbons (Fsp3) is 0.200. The lowest BCUT2D eigenvalue weighted by Gasteiger charge is -1.76. The fourth-order valence-corrected chi connectivity index (χ4v) is 1.85. The molecule has 0 atom stereocenters. The summed E-state index contributed by atoms with van der Waals surface area (Å²) in [5.41, 5.74) is 0. The first-order chi connectivity index (χ1) is 5.43. The molecule has 0 aromatic carbocycles. The third-order valence-corrected chi connectivity index (χ3v) is 3.08. The van der Waals surface area contributed by atoms with E-state index in [2.05, 4.69) is 41.9 Å². The van der Waals surface area contributed by atoms with Crippen molar-refractivity contribution in [1.82, 2.24) is 0 Å². The Hall–Kier alpha value is -0.530. The van der Waals surface area contributed by atoms with Crippen LogP contribution in [-0.4, -0.2) is 0 Å². The Morgan fingerprint density at radius 3 is 1.67 bits per heavy atom. The molecular weight excluding hydrogens is 188 g/mol. The summed E-state index contributed by atoms with van der Waals surface area (Å²) in [6.45, 7) is 2.21. The van der Waals surface area contributed by atoms with Crippen molar-refractivity contribution in [2.45, 2.75) is 12.7 Å². The third kappa shape index (κ3) is 4.37. The van der Waals surface area contributed by atoms with Gasteiger partial charge in [0.05, 0.1) is 0 Å². The number of aryl methyl sites for hydroxylation is 1. The van der Waals surface area contributed by atoms with E-state index in [9.17, 15) is 0 Å². The minimum absolute atomic E-state index is 0. The SMILES string of the molecule is CC[s+]1cccccccc1.[Cl-]. The molecule has 12 heavy (non-hydrogen) atoms. The molecule has 2 heteroatoms. The van der Waals surface area contributed by atoms with Crippen LogP contribution in [0.3, 0.4) is 0 Å². The van der Waals surface area contributed by atoms with Crippen molar-refractivity contribution in [2.24, 2.45) is 0 Å². The highest BCUT2D eigenvalue weighted by Gasteiger charge is 1.87. The van der Waals surface area contributed by atoms with Gasteiger partial charge in [-0.3, -0.25) is 0 Å². The van der Waals surface area contributed by atoms with Crippen molar-refractivity contribution >= 4 is 10.5 Å². The fourth-order valence-electron chi connectivity index (χ4n) is 0.787. The Morgan fingerprint density at radius 2 is 1.25 bits per heavy atom. The number of rotatable bonds is 1. The zero-order valence-electron chi connectivity index (χ0n) is 7.11. The van der Waals surface area contributed by atoms with Crippen LogP contribution in [0.5, 0.6) is 0 Å². The topological polar surface area (TPSA) is 0 Å². The van der Waals surface area contributed by atoms with Crippen molar-refractivity contribution in [3.05, 3.63) is 47.2 Å². The van der Waals surface area contributed by atoms with Crippen LogP contribution in [0.25, 0.3) is 0 Å². The Bertz CT molecular complexity index is 230. The van der Waals surface area contributed by atoms with Gasteiger partial charge < -0.3 is 12.4 Å². The van der Waals surface area contributed by atoms with Crippen LogP contribution in [0.4, 0.5) is 0 Å². The molecule has 0 aliphatic rings. The maximum absolute atomic E-state index is 2.25. The first-order valence-electron chi connectivity index (χ1n) is 3.80. The molecule has 0 saturated heterocycles. The van der Waals surface area contributed by atoms with E-state index in [1.165, 1.54) is 5.75 Å². The van der Waals surface area contributed by atoms with Gasteiger partial charge >= 0.3 is 0 Å². The maximum atomic E-state index is 2.25. The molecule has 0 amide bonds. The van der Waals surface area contributed by atoms with Crippen molar-refractivity contribution in [2.75, 3.05) is 0 Å². The molecule has 66 valence electrons. The molecule has 0 saturated carbocycles. The molecule has 0 fully saturated rings. The summed E-state index contributed by atoms with van der Waals surface area (Å²) in [5.74, 6) is 1.20. The standard InChI is InChI=1S/C10H13S.ClH/c1-2-11-9-7-5-3-4-6-8-10-11;/h3-10H,2H2,1H3;1H/q+1;/p-1. The summed E-state index contributed by atoms with van der Waals surface area (Å²) in [6, 6.07) is 12.5. The van der Waals surface area contributed by atoms with Crippen LogP contribution in [0.15, 0.2) is 47.2 Å². The van der Waals surface area contributed by atoms with E-state index in [0.717, 1.165) is 0 Å². The Balaban J connectivity index is 0.00000121. The molecule has 0 unspecified atom stereocenters. The van der Waals surface area contributed by atoms with Crippen molar-refractivity contribution in [3.63, 3.8) is 0 Å². The number of hydrogen-bond donors (Lipinski definition) is 0. The zero-order chi connectivity index (χ0) is 7.94. The van der Waals surface area contributed by atoms with Gasteiger partial charge in [0.15, 0.2) is 0 Å². The minimum atomic E-state index is 0. The second-order valence-electron chi connectivity index (χ2n) is 2.18.